The summed E-state index contributed by atoms with van der Waals surface area (Å²) in [5.41, 5.74) is 5.72. The van der Waals surface area contributed by atoms with Crippen molar-refractivity contribution in [1.82, 2.24) is 20.4 Å². The average Bonchev–Trinajstić information content (AvgIpc) is 2.96. The lowest BCUT2D eigenvalue weighted by molar-refractivity contribution is -0.147. The zero-order chi connectivity index (χ0) is 18.6. The van der Waals surface area contributed by atoms with Crippen molar-refractivity contribution in [2.24, 2.45) is 17.1 Å². The number of urea groups is 1. The number of aliphatic carboxylic acids is 1. The summed E-state index contributed by atoms with van der Waals surface area (Å²) in [6, 6.07) is -0.324. The van der Waals surface area contributed by atoms with Crippen molar-refractivity contribution in [3.05, 3.63) is 17.5 Å². The number of hydrogen-bond acceptors (Lipinski definition) is 4. The molecule has 138 valence electrons. The number of primary amides is 1. The van der Waals surface area contributed by atoms with E-state index in [0.29, 0.717) is 31.5 Å². The molecule has 0 saturated heterocycles. The van der Waals surface area contributed by atoms with E-state index >= 15 is 0 Å². The van der Waals surface area contributed by atoms with Crippen molar-refractivity contribution in [2.75, 3.05) is 13.1 Å². The van der Waals surface area contributed by atoms with Crippen LogP contribution in [-0.4, -0.2) is 45.9 Å². The van der Waals surface area contributed by atoms with Gasteiger partial charge in [-0.2, -0.15) is 5.10 Å². The molecule has 1 aliphatic rings. The molecule has 0 fully saturated rings. The molecule has 1 unspecified atom stereocenters. The van der Waals surface area contributed by atoms with Gasteiger partial charge in [0.25, 0.3) is 5.91 Å². The summed E-state index contributed by atoms with van der Waals surface area (Å²) in [7, 11) is 0. The quantitative estimate of drug-likeness (QED) is 0.561. The maximum absolute atomic E-state index is 11.9. The molecule has 0 saturated carbocycles. The van der Waals surface area contributed by atoms with Crippen LogP contribution < -0.4 is 16.4 Å². The predicted molar refractivity (Wildman–Crippen MR) is 90.0 cm³/mol. The van der Waals surface area contributed by atoms with Gasteiger partial charge in [0.2, 0.25) is 0 Å². The number of carbonyl (C=O) groups is 3. The van der Waals surface area contributed by atoms with Gasteiger partial charge in [-0.05, 0) is 39.0 Å². The Morgan fingerprint density at radius 3 is 2.76 bits per heavy atom. The molecule has 0 aliphatic carbocycles. The van der Waals surface area contributed by atoms with E-state index in [1.165, 1.54) is 6.20 Å². The van der Waals surface area contributed by atoms with Gasteiger partial charge in [0.1, 0.15) is 0 Å². The Labute approximate surface area is 145 Å². The zero-order valence-electron chi connectivity index (χ0n) is 14.5. The molecule has 2 heterocycles. The minimum atomic E-state index is -0.890. The molecule has 1 atom stereocenters. The summed E-state index contributed by atoms with van der Waals surface area (Å²) >= 11 is 0. The molecule has 0 spiro atoms. The Hall–Kier alpha value is -2.58. The van der Waals surface area contributed by atoms with Gasteiger partial charge in [-0.1, -0.05) is 0 Å². The lowest BCUT2D eigenvalue weighted by Crippen LogP contribution is -2.41. The van der Waals surface area contributed by atoms with E-state index in [9.17, 15) is 14.4 Å². The smallest absolute Gasteiger partial charge is 0.314 e. The summed E-state index contributed by atoms with van der Waals surface area (Å²) in [5, 5.41) is 18.7. The van der Waals surface area contributed by atoms with Gasteiger partial charge in [0.05, 0.1) is 22.9 Å². The standard InChI is InChI=1S/C16H25N5O4/c1-16(2,14(23)24)4-5-18-15(25)19-8-10-3-6-21-12(7-10)11(9-20-21)13(17)22/h9-10H,3-8H2,1-2H3,(H2,17,22)(H,23,24)(H2,18,19,25). The number of fused-ring (bicyclic) bond motifs is 1. The van der Waals surface area contributed by atoms with Crippen LogP contribution >= 0.6 is 0 Å². The number of nitrogens with two attached hydrogens (primary N) is 1. The van der Waals surface area contributed by atoms with E-state index in [4.69, 9.17) is 10.8 Å². The summed E-state index contributed by atoms with van der Waals surface area (Å²) < 4.78 is 1.78. The van der Waals surface area contributed by atoms with E-state index in [0.717, 1.165) is 12.1 Å². The summed E-state index contributed by atoms with van der Waals surface area (Å²) in [6.45, 7) is 4.68. The Morgan fingerprint density at radius 1 is 1.40 bits per heavy atom. The van der Waals surface area contributed by atoms with Crippen molar-refractivity contribution in [3.8, 4) is 0 Å². The van der Waals surface area contributed by atoms with E-state index in [2.05, 4.69) is 15.7 Å². The molecule has 25 heavy (non-hydrogen) atoms. The summed E-state index contributed by atoms with van der Waals surface area (Å²) in [5.74, 6) is -1.18. The number of rotatable bonds is 7. The lowest BCUT2D eigenvalue weighted by Gasteiger charge is -2.24. The van der Waals surface area contributed by atoms with Crippen LogP contribution in [0.5, 0.6) is 0 Å². The monoisotopic (exact) mass is 351 g/mol. The topological polar surface area (TPSA) is 139 Å². The van der Waals surface area contributed by atoms with Crippen LogP contribution in [0.25, 0.3) is 0 Å². The van der Waals surface area contributed by atoms with Crippen LogP contribution in [0, 0.1) is 11.3 Å². The number of hydrogen-bond donors (Lipinski definition) is 4. The van der Waals surface area contributed by atoms with Gasteiger partial charge >= 0.3 is 12.0 Å². The third-order valence-electron chi connectivity index (χ3n) is 4.61. The maximum Gasteiger partial charge on any atom is 0.314 e. The number of nitrogens with one attached hydrogen (secondary N) is 2. The zero-order valence-corrected chi connectivity index (χ0v) is 14.5. The molecule has 1 aromatic heterocycles. The van der Waals surface area contributed by atoms with E-state index < -0.39 is 17.3 Å². The molecule has 9 heteroatoms. The summed E-state index contributed by atoms with van der Waals surface area (Å²) in [6.07, 6.45) is 3.31. The molecule has 0 bridgehead atoms. The second kappa shape index (κ2) is 7.54. The van der Waals surface area contributed by atoms with Gasteiger partial charge in [0, 0.05) is 19.6 Å². The second-order valence-electron chi connectivity index (χ2n) is 7.03. The fourth-order valence-electron chi connectivity index (χ4n) is 2.77. The van der Waals surface area contributed by atoms with Crippen molar-refractivity contribution >= 4 is 17.9 Å². The highest BCUT2D eigenvalue weighted by Crippen LogP contribution is 2.22. The molecular weight excluding hydrogens is 326 g/mol. The molecule has 0 aromatic carbocycles. The highest BCUT2D eigenvalue weighted by Gasteiger charge is 2.27. The van der Waals surface area contributed by atoms with Crippen molar-refractivity contribution in [3.63, 3.8) is 0 Å². The number of carbonyl (C=O) groups excluding carboxylic acids is 2. The van der Waals surface area contributed by atoms with Crippen LogP contribution in [0.1, 0.15) is 42.7 Å². The first-order valence-electron chi connectivity index (χ1n) is 8.30. The second-order valence-corrected chi connectivity index (χ2v) is 7.03. The Balaban J connectivity index is 1.76. The SMILES string of the molecule is CC(C)(CCNC(=O)NCC1CCn2ncc(C(N)=O)c2C1)C(=O)O. The third kappa shape index (κ3) is 4.71. The number of carboxylic acids is 1. The van der Waals surface area contributed by atoms with Gasteiger partial charge in [-0.15, -0.1) is 0 Å². The molecule has 2 rings (SSSR count). The highest BCUT2D eigenvalue weighted by molar-refractivity contribution is 5.93. The van der Waals surface area contributed by atoms with Crippen LogP contribution in [0.3, 0.4) is 0 Å². The first kappa shape index (κ1) is 18.8. The molecule has 3 amide bonds. The van der Waals surface area contributed by atoms with Gasteiger partial charge in [-0.25, -0.2) is 4.79 Å². The number of aromatic nitrogens is 2. The predicted octanol–water partition coefficient (Wildman–Crippen LogP) is 0.345. The fraction of sp³-hybridized carbons (Fsp3) is 0.625. The van der Waals surface area contributed by atoms with Crippen LogP contribution in [-0.2, 0) is 17.8 Å². The Bertz CT molecular complexity index is 667. The largest absolute Gasteiger partial charge is 0.481 e. The van der Waals surface area contributed by atoms with Crippen molar-refractivity contribution < 1.29 is 19.5 Å². The molecule has 1 aromatic rings. The van der Waals surface area contributed by atoms with Crippen LogP contribution in [0.2, 0.25) is 0 Å². The van der Waals surface area contributed by atoms with Gasteiger partial charge in [0.15, 0.2) is 0 Å². The Morgan fingerprint density at radius 2 is 2.12 bits per heavy atom. The van der Waals surface area contributed by atoms with E-state index in [1.807, 2.05) is 0 Å². The highest BCUT2D eigenvalue weighted by atomic mass is 16.4. The fourth-order valence-corrected chi connectivity index (χ4v) is 2.77. The molecule has 1 aliphatic heterocycles. The maximum atomic E-state index is 11.9. The molecular formula is C16H25N5O4. The van der Waals surface area contributed by atoms with Crippen LogP contribution in [0.4, 0.5) is 4.79 Å². The summed E-state index contributed by atoms with van der Waals surface area (Å²) in [4.78, 5) is 34.3. The minimum Gasteiger partial charge on any atom is -0.481 e. The van der Waals surface area contributed by atoms with E-state index in [1.54, 1.807) is 18.5 Å². The number of aryl methyl sites for hydroxylation is 1. The molecule has 0 radical (unpaired) electrons. The molecule has 5 N–H and O–H groups in total. The first-order chi connectivity index (χ1) is 11.7. The normalized spacial score (nSPS) is 16.8. The van der Waals surface area contributed by atoms with Crippen LogP contribution in [0.15, 0.2) is 6.20 Å². The number of carboxylic acid groups (broad SMARTS) is 1. The number of nitrogens with zero attached hydrogens (tertiary/aromatic N) is 2. The van der Waals surface area contributed by atoms with Gasteiger partial charge < -0.3 is 21.5 Å². The number of amides is 3. The van der Waals surface area contributed by atoms with Crippen molar-refractivity contribution in [1.29, 1.82) is 0 Å². The minimum absolute atomic E-state index is 0.198. The van der Waals surface area contributed by atoms with E-state index in [-0.39, 0.29) is 18.5 Å². The Kier molecular flexibility index (Phi) is 5.66. The van der Waals surface area contributed by atoms with Gasteiger partial charge in [-0.3, -0.25) is 14.3 Å². The lowest BCUT2D eigenvalue weighted by atomic mass is 9.90. The average molecular weight is 351 g/mol. The molecule has 9 nitrogen and oxygen atoms in total. The third-order valence-corrected chi connectivity index (χ3v) is 4.61. The first-order valence-corrected chi connectivity index (χ1v) is 8.30. The van der Waals surface area contributed by atoms with Crippen molar-refractivity contribution in [2.45, 2.75) is 39.7 Å².